The van der Waals surface area contributed by atoms with Crippen LogP contribution in [0.25, 0.3) is 0 Å². The van der Waals surface area contributed by atoms with Crippen molar-refractivity contribution in [3.63, 3.8) is 0 Å². The van der Waals surface area contributed by atoms with Crippen molar-refractivity contribution in [3.05, 3.63) is 12.4 Å². The summed E-state index contributed by atoms with van der Waals surface area (Å²) in [5.41, 5.74) is 0.995. The zero-order valence-corrected chi connectivity index (χ0v) is 10.7. The minimum absolute atomic E-state index is 0.198. The molecular weight excluding hydrogens is 203 g/mol. The third kappa shape index (κ3) is 2.28. The van der Waals surface area contributed by atoms with Gasteiger partial charge >= 0.3 is 0 Å². The first-order chi connectivity index (χ1) is 7.44. The predicted octanol–water partition coefficient (Wildman–Crippen LogP) is -0.0593. The lowest BCUT2D eigenvalue weighted by atomic mass is 9.51. The first-order valence-corrected chi connectivity index (χ1v) is 5.40. The maximum atomic E-state index is 11.7. The molecule has 0 aromatic carbocycles. The molecule has 1 heterocycles. The number of carbonyl (C=O) groups is 1. The Morgan fingerprint density at radius 2 is 2.31 bits per heavy atom. The van der Waals surface area contributed by atoms with E-state index in [1.54, 1.807) is 0 Å². The summed E-state index contributed by atoms with van der Waals surface area (Å²) in [5.74, 6) is -0.198. The van der Waals surface area contributed by atoms with Crippen molar-refractivity contribution in [3.8, 4) is 0 Å². The van der Waals surface area contributed by atoms with Crippen molar-refractivity contribution in [2.24, 2.45) is 14.1 Å². The number of aryl methyl sites for hydroxylation is 2. The highest BCUT2D eigenvalue weighted by molar-refractivity contribution is 6.58. The molecule has 1 aromatic heterocycles. The Hall–Kier alpha value is -1.26. The third-order valence-corrected chi connectivity index (χ3v) is 3.07. The van der Waals surface area contributed by atoms with Crippen LogP contribution < -0.4 is 10.3 Å². The van der Waals surface area contributed by atoms with Crippen molar-refractivity contribution >= 4 is 19.0 Å². The highest BCUT2D eigenvalue weighted by Crippen LogP contribution is 2.29. The Morgan fingerprint density at radius 3 is 2.69 bits per heavy atom. The van der Waals surface area contributed by atoms with E-state index in [9.17, 15) is 4.79 Å². The minimum Gasteiger partial charge on any atom is -0.471 e. The van der Waals surface area contributed by atoms with Crippen LogP contribution in [0.5, 0.6) is 0 Å². The average Bonchev–Trinajstić information content (AvgIpc) is 2.59. The molecule has 1 unspecified atom stereocenters. The van der Waals surface area contributed by atoms with E-state index >= 15 is 0 Å². The minimum atomic E-state index is -0.571. The monoisotopic (exact) mass is 222 g/mol. The SMILES string of the molecule is CCC(C)([B-]c1n(C)cc[n+]1C)C(=O)OC. The molecule has 0 amide bonds. The zero-order chi connectivity index (χ0) is 12.3. The lowest BCUT2D eigenvalue weighted by molar-refractivity contribution is -0.653. The predicted molar refractivity (Wildman–Crippen MR) is 62.7 cm³/mol. The molecule has 0 fully saturated rings. The largest absolute Gasteiger partial charge is 0.471 e. The molecule has 4 nitrogen and oxygen atoms in total. The number of methoxy groups -OCH3 is 1. The lowest BCUT2D eigenvalue weighted by Gasteiger charge is -2.35. The van der Waals surface area contributed by atoms with Crippen LogP contribution in [0.3, 0.4) is 0 Å². The fourth-order valence-electron chi connectivity index (χ4n) is 1.63. The van der Waals surface area contributed by atoms with Gasteiger partial charge in [0.2, 0.25) is 0 Å². The topological polar surface area (TPSA) is 35.1 Å². The first kappa shape index (κ1) is 12.8. The Kier molecular flexibility index (Phi) is 3.78. The lowest BCUT2D eigenvalue weighted by Crippen LogP contribution is -2.53. The second-order valence-electron chi connectivity index (χ2n) is 4.29. The number of nitrogens with zero attached hydrogens (tertiary/aromatic N) is 2. The molecule has 2 radical (unpaired) electrons. The van der Waals surface area contributed by atoms with Crippen LogP contribution in [0, 0.1) is 0 Å². The maximum absolute atomic E-state index is 11.7. The van der Waals surface area contributed by atoms with Crippen LogP contribution in [0.4, 0.5) is 0 Å². The number of aromatic nitrogens is 2. The summed E-state index contributed by atoms with van der Waals surface area (Å²) >= 11 is 0. The Morgan fingerprint density at radius 1 is 1.69 bits per heavy atom. The van der Waals surface area contributed by atoms with E-state index in [0.717, 1.165) is 5.72 Å². The van der Waals surface area contributed by atoms with Crippen LogP contribution in [-0.4, -0.2) is 24.9 Å². The molecule has 88 valence electrons. The van der Waals surface area contributed by atoms with Gasteiger partial charge in [0.1, 0.15) is 12.4 Å². The van der Waals surface area contributed by atoms with Crippen molar-refractivity contribution in [1.82, 2.24) is 4.57 Å². The van der Waals surface area contributed by atoms with Crippen molar-refractivity contribution < 1.29 is 14.1 Å². The van der Waals surface area contributed by atoms with Gasteiger partial charge in [-0.2, -0.15) is 7.28 Å². The number of hydrogen-bond acceptors (Lipinski definition) is 2. The second kappa shape index (κ2) is 4.72. The summed E-state index contributed by atoms with van der Waals surface area (Å²) < 4.78 is 8.81. The van der Waals surface area contributed by atoms with E-state index in [-0.39, 0.29) is 5.97 Å². The molecule has 0 N–H and O–H groups in total. The average molecular weight is 222 g/mol. The van der Waals surface area contributed by atoms with Crippen LogP contribution in [0.2, 0.25) is 5.31 Å². The molecule has 0 aliphatic heterocycles. The smallest absolute Gasteiger partial charge is 0.270 e. The van der Waals surface area contributed by atoms with E-state index in [1.807, 2.05) is 56.8 Å². The van der Waals surface area contributed by atoms with Gasteiger partial charge in [-0.15, -0.1) is 5.31 Å². The van der Waals surface area contributed by atoms with Crippen molar-refractivity contribution in [2.75, 3.05) is 7.11 Å². The van der Waals surface area contributed by atoms with Gasteiger partial charge in [-0.1, -0.05) is 20.3 Å². The van der Waals surface area contributed by atoms with E-state index < -0.39 is 5.31 Å². The first-order valence-electron chi connectivity index (χ1n) is 5.40. The van der Waals surface area contributed by atoms with Gasteiger partial charge in [-0.05, 0) is 0 Å². The standard InChI is InChI=1S/C11H19BN2O2/c1-6-11(2,9(15)16-5)12-10-13(3)7-8-14(10)4/h7-8H,6H2,1-5H3. The second-order valence-corrected chi connectivity index (χ2v) is 4.29. The third-order valence-electron chi connectivity index (χ3n) is 3.07. The van der Waals surface area contributed by atoms with Gasteiger partial charge in [0.25, 0.3) is 5.97 Å². The molecule has 0 saturated carbocycles. The molecule has 0 spiro atoms. The van der Waals surface area contributed by atoms with E-state index in [1.165, 1.54) is 7.11 Å². The number of hydrogen-bond donors (Lipinski definition) is 0. The fraction of sp³-hybridized carbons (Fsp3) is 0.636. The molecule has 1 rings (SSSR count). The zero-order valence-electron chi connectivity index (χ0n) is 10.7. The summed E-state index contributed by atoms with van der Waals surface area (Å²) in [6, 6.07) is 0. The molecule has 0 aliphatic rings. The molecule has 0 aliphatic carbocycles. The quantitative estimate of drug-likeness (QED) is 0.406. The molecular formula is C11H19BN2O2. The van der Waals surface area contributed by atoms with Gasteiger partial charge in [-0.3, -0.25) is 13.9 Å². The van der Waals surface area contributed by atoms with Gasteiger partial charge in [0.05, 0.1) is 21.2 Å². The summed E-state index contributed by atoms with van der Waals surface area (Å²) in [5, 5.41) is -0.571. The van der Waals surface area contributed by atoms with Crippen molar-refractivity contribution in [2.45, 2.75) is 25.6 Å². The van der Waals surface area contributed by atoms with Crippen LogP contribution in [0.1, 0.15) is 20.3 Å². The molecule has 16 heavy (non-hydrogen) atoms. The number of imidazole rings is 1. The number of esters is 1. The molecule has 0 bridgehead atoms. The van der Waals surface area contributed by atoms with Crippen LogP contribution in [0.15, 0.2) is 12.4 Å². The summed E-state index contributed by atoms with van der Waals surface area (Å²) in [7, 11) is 7.30. The number of carbonyl (C=O) groups excluding carboxylic acids is 1. The van der Waals surface area contributed by atoms with E-state index in [2.05, 4.69) is 0 Å². The van der Waals surface area contributed by atoms with Gasteiger partial charge < -0.3 is 4.74 Å². The van der Waals surface area contributed by atoms with E-state index in [4.69, 9.17) is 4.74 Å². The van der Waals surface area contributed by atoms with Crippen LogP contribution in [-0.2, 0) is 23.6 Å². The summed E-state index contributed by atoms with van der Waals surface area (Å²) in [6.07, 6.45) is 4.63. The van der Waals surface area contributed by atoms with Gasteiger partial charge in [-0.25, -0.2) is 0 Å². The number of ether oxygens (including phenoxy) is 1. The van der Waals surface area contributed by atoms with E-state index in [0.29, 0.717) is 6.42 Å². The molecule has 1 aromatic rings. The highest BCUT2D eigenvalue weighted by Gasteiger charge is 2.23. The van der Waals surface area contributed by atoms with Gasteiger partial charge in [0.15, 0.2) is 0 Å². The normalized spacial score (nSPS) is 14.6. The Bertz CT molecular complexity index is 370. The molecule has 0 saturated heterocycles. The van der Waals surface area contributed by atoms with Gasteiger partial charge in [0, 0.05) is 5.72 Å². The Balaban J connectivity index is 2.98. The highest BCUT2D eigenvalue weighted by atomic mass is 16.5. The Labute approximate surface area is 97.5 Å². The van der Waals surface area contributed by atoms with Crippen molar-refractivity contribution in [1.29, 1.82) is 0 Å². The maximum Gasteiger partial charge on any atom is 0.270 e. The summed E-state index contributed by atoms with van der Waals surface area (Å²) in [6.45, 7) is 3.88. The van der Waals surface area contributed by atoms with Crippen LogP contribution >= 0.6 is 0 Å². The molecule has 5 heteroatoms. The fourth-order valence-corrected chi connectivity index (χ4v) is 1.63. The summed E-state index contributed by atoms with van der Waals surface area (Å²) in [4.78, 5) is 11.7. The number of rotatable bonds is 4. The molecule has 1 atom stereocenters.